The minimum absolute atomic E-state index is 0.275. The summed E-state index contributed by atoms with van der Waals surface area (Å²) in [5.41, 5.74) is 7.05. The molecule has 0 fully saturated rings. The van der Waals surface area contributed by atoms with Crippen LogP contribution >= 0.6 is 23.2 Å². The first kappa shape index (κ1) is 18.0. The zero-order valence-electron chi connectivity index (χ0n) is 13.8. The summed E-state index contributed by atoms with van der Waals surface area (Å²) in [4.78, 5) is 16.7. The van der Waals surface area contributed by atoms with Crippen molar-refractivity contribution in [3.05, 3.63) is 40.9 Å². The molecule has 3 rings (SSSR count). The second-order valence-corrected chi connectivity index (χ2v) is 5.75. The third-order valence-electron chi connectivity index (χ3n) is 3.45. The van der Waals surface area contributed by atoms with Crippen LogP contribution in [0.4, 0.5) is 17.3 Å². The van der Waals surface area contributed by atoms with Crippen LogP contribution in [0.3, 0.4) is 0 Å². The van der Waals surface area contributed by atoms with Gasteiger partial charge in [-0.2, -0.15) is 0 Å². The smallest absolute Gasteiger partial charge is 0.158 e. The molecule has 3 aromatic rings. The molecule has 8 nitrogen and oxygen atoms in total. The number of nitrogen functional groups attached to an aromatic ring is 1. The number of ether oxygens (including phenoxy) is 2. The van der Waals surface area contributed by atoms with Gasteiger partial charge in [-0.1, -0.05) is 23.2 Å². The first-order valence-corrected chi connectivity index (χ1v) is 8.06. The monoisotopic (exact) mass is 392 g/mol. The predicted octanol–water partition coefficient (Wildman–Crippen LogP) is 3.58. The standard InChI is InChI=1S/C16H14Cl2N6O2/c1-25-9-6-10(26-2)13(18)15(12(9)17)24-16-14(20-3-4-21-16)8-5-11(19)23-7-22-8/h3-7H,1-2H3,(H,21,24)(H2,19,22,23). The number of hydrogen-bond donors (Lipinski definition) is 2. The number of aromatic nitrogens is 4. The summed E-state index contributed by atoms with van der Waals surface area (Å²) in [5, 5.41) is 3.63. The molecule has 3 N–H and O–H groups in total. The molecule has 0 atom stereocenters. The first-order chi connectivity index (χ1) is 12.5. The maximum atomic E-state index is 6.40. The zero-order valence-corrected chi connectivity index (χ0v) is 15.3. The predicted molar refractivity (Wildman–Crippen MR) is 100 cm³/mol. The molecule has 134 valence electrons. The van der Waals surface area contributed by atoms with Gasteiger partial charge in [-0.25, -0.2) is 19.9 Å². The summed E-state index contributed by atoms with van der Waals surface area (Å²) >= 11 is 12.8. The van der Waals surface area contributed by atoms with Crippen molar-refractivity contribution in [1.29, 1.82) is 0 Å². The molecule has 0 radical (unpaired) electrons. The largest absolute Gasteiger partial charge is 0.495 e. The molecular weight excluding hydrogens is 379 g/mol. The Labute approximate surface area is 159 Å². The lowest BCUT2D eigenvalue weighted by Crippen LogP contribution is -2.03. The molecule has 0 aliphatic carbocycles. The number of nitrogens with zero attached hydrogens (tertiary/aromatic N) is 4. The average Bonchev–Trinajstić information content (AvgIpc) is 2.66. The summed E-state index contributed by atoms with van der Waals surface area (Å²) in [5.74, 6) is 1.48. The number of anilines is 3. The van der Waals surface area contributed by atoms with Crippen molar-refractivity contribution in [2.75, 3.05) is 25.3 Å². The van der Waals surface area contributed by atoms with Gasteiger partial charge in [0.15, 0.2) is 5.82 Å². The van der Waals surface area contributed by atoms with Crippen molar-refractivity contribution in [3.63, 3.8) is 0 Å². The summed E-state index contributed by atoms with van der Waals surface area (Å²) in [7, 11) is 2.99. The maximum absolute atomic E-state index is 6.40. The molecule has 0 aliphatic rings. The van der Waals surface area contributed by atoms with E-state index in [4.69, 9.17) is 38.4 Å². The van der Waals surface area contributed by atoms with E-state index in [1.54, 1.807) is 12.1 Å². The fourth-order valence-corrected chi connectivity index (χ4v) is 2.83. The van der Waals surface area contributed by atoms with Crippen LogP contribution in [0, 0.1) is 0 Å². The second kappa shape index (κ2) is 7.59. The molecule has 10 heteroatoms. The highest BCUT2D eigenvalue weighted by Gasteiger charge is 2.20. The molecule has 0 saturated heterocycles. The van der Waals surface area contributed by atoms with Crippen LogP contribution in [0.1, 0.15) is 0 Å². The molecule has 26 heavy (non-hydrogen) atoms. The first-order valence-electron chi connectivity index (χ1n) is 7.31. The molecule has 2 aromatic heterocycles. The van der Waals surface area contributed by atoms with Crippen LogP contribution in [-0.2, 0) is 0 Å². The fourth-order valence-electron chi connectivity index (χ4n) is 2.23. The van der Waals surface area contributed by atoms with Crippen molar-refractivity contribution < 1.29 is 9.47 Å². The van der Waals surface area contributed by atoms with Crippen LogP contribution in [-0.4, -0.2) is 34.2 Å². The van der Waals surface area contributed by atoms with Crippen molar-refractivity contribution in [2.24, 2.45) is 0 Å². The summed E-state index contributed by atoms with van der Waals surface area (Å²) in [6.07, 6.45) is 4.40. The van der Waals surface area contributed by atoms with E-state index in [0.717, 1.165) is 0 Å². The molecule has 0 unspecified atom stereocenters. The minimum Gasteiger partial charge on any atom is -0.495 e. The SMILES string of the molecule is COc1cc(OC)c(Cl)c(Nc2nccnc2-c2cc(N)ncn2)c1Cl. The number of nitrogens with one attached hydrogen (secondary N) is 1. The fraction of sp³-hybridized carbons (Fsp3) is 0.125. The molecule has 0 saturated carbocycles. The van der Waals surface area contributed by atoms with Gasteiger partial charge in [0, 0.05) is 24.5 Å². The number of methoxy groups -OCH3 is 2. The third-order valence-corrected chi connectivity index (χ3v) is 4.20. The van der Waals surface area contributed by atoms with Crippen molar-refractivity contribution in [3.8, 4) is 22.9 Å². The minimum atomic E-state index is 0.275. The third kappa shape index (κ3) is 3.42. The Morgan fingerprint density at radius 2 is 1.58 bits per heavy atom. The van der Waals surface area contributed by atoms with E-state index in [0.29, 0.717) is 40.2 Å². The highest BCUT2D eigenvalue weighted by atomic mass is 35.5. The van der Waals surface area contributed by atoms with Crippen molar-refractivity contribution >= 4 is 40.5 Å². The van der Waals surface area contributed by atoms with E-state index in [1.165, 1.54) is 32.9 Å². The van der Waals surface area contributed by atoms with E-state index < -0.39 is 0 Å². The van der Waals surface area contributed by atoms with E-state index >= 15 is 0 Å². The van der Waals surface area contributed by atoms with Gasteiger partial charge in [0.1, 0.15) is 39.4 Å². The van der Waals surface area contributed by atoms with Gasteiger partial charge in [-0.3, -0.25) is 0 Å². The van der Waals surface area contributed by atoms with E-state index in [1.807, 2.05) is 0 Å². The van der Waals surface area contributed by atoms with Gasteiger partial charge in [0.05, 0.1) is 25.6 Å². The van der Waals surface area contributed by atoms with E-state index in [-0.39, 0.29) is 10.0 Å². The van der Waals surface area contributed by atoms with Gasteiger partial charge < -0.3 is 20.5 Å². The quantitative estimate of drug-likeness (QED) is 0.677. The van der Waals surface area contributed by atoms with Gasteiger partial charge in [0.2, 0.25) is 0 Å². The van der Waals surface area contributed by atoms with Gasteiger partial charge >= 0.3 is 0 Å². The highest BCUT2D eigenvalue weighted by molar-refractivity contribution is 6.41. The number of rotatable bonds is 5. The lowest BCUT2D eigenvalue weighted by atomic mass is 10.2. The maximum Gasteiger partial charge on any atom is 0.158 e. The number of halogens is 2. The zero-order chi connectivity index (χ0) is 18.7. The van der Waals surface area contributed by atoms with Gasteiger partial charge in [-0.15, -0.1) is 0 Å². The van der Waals surface area contributed by atoms with E-state index in [9.17, 15) is 0 Å². The van der Waals surface area contributed by atoms with Gasteiger partial charge in [0.25, 0.3) is 0 Å². The summed E-state index contributed by atoms with van der Waals surface area (Å²) in [6, 6.07) is 3.18. The number of benzene rings is 1. The normalized spacial score (nSPS) is 10.5. The van der Waals surface area contributed by atoms with Crippen LogP contribution in [0.25, 0.3) is 11.4 Å². The van der Waals surface area contributed by atoms with Crippen molar-refractivity contribution in [2.45, 2.75) is 0 Å². The molecule has 0 bridgehead atoms. The summed E-state index contributed by atoms with van der Waals surface area (Å²) in [6.45, 7) is 0. The molecule has 1 aromatic carbocycles. The summed E-state index contributed by atoms with van der Waals surface area (Å²) < 4.78 is 10.5. The van der Waals surface area contributed by atoms with Gasteiger partial charge in [-0.05, 0) is 0 Å². The second-order valence-electron chi connectivity index (χ2n) is 4.99. The highest BCUT2D eigenvalue weighted by Crippen LogP contribution is 2.45. The molecule has 0 aliphatic heterocycles. The molecule has 0 spiro atoms. The lowest BCUT2D eigenvalue weighted by molar-refractivity contribution is 0.395. The lowest BCUT2D eigenvalue weighted by Gasteiger charge is -2.16. The average molecular weight is 393 g/mol. The van der Waals surface area contributed by atoms with Crippen LogP contribution in [0.5, 0.6) is 11.5 Å². The Hall–Kier alpha value is -2.84. The number of nitrogens with two attached hydrogens (primary N) is 1. The Morgan fingerprint density at radius 1 is 0.923 bits per heavy atom. The topological polar surface area (TPSA) is 108 Å². The van der Waals surface area contributed by atoms with E-state index in [2.05, 4.69) is 25.3 Å². The Balaban J connectivity index is 2.11. The van der Waals surface area contributed by atoms with Crippen LogP contribution < -0.4 is 20.5 Å². The number of hydrogen-bond acceptors (Lipinski definition) is 8. The van der Waals surface area contributed by atoms with Crippen LogP contribution in [0.2, 0.25) is 10.0 Å². The van der Waals surface area contributed by atoms with Crippen LogP contribution in [0.15, 0.2) is 30.9 Å². The Morgan fingerprint density at radius 3 is 2.19 bits per heavy atom. The molecule has 2 heterocycles. The molecule has 0 amide bonds. The van der Waals surface area contributed by atoms with Crippen molar-refractivity contribution in [1.82, 2.24) is 19.9 Å². The Bertz CT molecular complexity index is 926. The Kier molecular flexibility index (Phi) is 5.24. The molecular formula is C16H14Cl2N6O2.